The summed E-state index contributed by atoms with van der Waals surface area (Å²) in [6, 6.07) is 17.6. The summed E-state index contributed by atoms with van der Waals surface area (Å²) in [5, 5.41) is 3.75. The molecule has 0 saturated heterocycles. The van der Waals surface area contributed by atoms with Crippen LogP contribution in [0.4, 0.5) is 0 Å². The minimum absolute atomic E-state index is 0.340. The minimum atomic E-state index is 0.340. The van der Waals surface area contributed by atoms with Crippen LogP contribution in [0, 0.1) is 6.92 Å². The van der Waals surface area contributed by atoms with E-state index in [0.29, 0.717) is 12.1 Å². The minimum Gasteiger partial charge on any atom is -0.493 e. The summed E-state index contributed by atoms with van der Waals surface area (Å²) < 4.78 is 5.72. The van der Waals surface area contributed by atoms with E-state index in [1.807, 2.05) is 6.07 Å². The van der Waals surface area contributed by atoms with Crippen molar-refractivity contribution in [3.05, 3.63) is 65.2 Å². The molecule has 0 saturated carbocycles. The number of benzene rings is 2. The predicted octanol–water partition coefficient (Wildman–Crippen LogP) is 4.17. The Bertz CT molecular complexity index is 593. The molecular weight excluding hydrogens is 246 g/mol. The van der Waals surface area contributed by atoms with Crippen LogP contribution in [-0.4, -0.2) is 6.61 Å². The average molecular weight is 267 g/mol. The van der Waals surface area contributed by atoms with Gasteiger partial charge in [0.15, 0.2) is 0 Å². The highest BCUT2D eigenvalue weighted by atomic mass is 16.5. The number of para-hydroxylation sites is 1. The van der Waals surface area contributed by atoms with E-state index in [2.05, 4.69) is 61.6 Å². The van der Waals surface area contributed by atoms with Gasteiger partial charge in [0, 0.05) is 24.1 Å². The van der Waals surface area contributed by atoms with Gasteiger partial charge in [-0.1, -0.05) is 42.5 Å². The fourth-order valence-electron chi connectivity index (χ4n) is 2.98. The molecule has 1 N–H and O–H groups in total. The molecule has 0 aliphatic carbocycles. The van der Waals surface area contributed by atoms with Crippen LogP contribution in [0.25, 0.3) is 0 Å². The van der Waals surface area contributed by atoms with Gasteiger partial charge in [-0.2, -0.15) is 0 Å². The predicted molar refractivity (Wildman–Crippen MR) is 82.0 cm³/mol. The van der Waals surface area contributed by atoms with E-state index >= 15 is 0 Å². The lowest BCUT2D eigenvalue weighted by Gasteiger charge is -2.30. The first kappa shape index (κ1) is 13.2. The third-order valence-corrected chi connectivity index (χ3v) is 4.06. The van der Waals surface area contributed by atoms with Gasteiger partial charge in [-0.25, -0.2) is 0 Å². The van der Waals surface area contributed by atoms with Crippen molar-refractivity contribution in [1.29, 1.82) is 0 Å². The molecule has 1 unspecified atom stereocenters. The van der Waals surface area contributed by atoms with Crippen LogP contribution in [0.5, 0.6) is 5.75 Å². The monoisotopic (exact) mass is 267 g/mol. The smallest absolute Gasteiger partial charge is 0.124 e. The second-order valence-electron chi connectivity index (χ2n) is 5.47. The van der Waals surface area contributed by atoms with E-state index in [1.165, 1.54) is 16.7 Å². The maximum atomic E-state index is 5.72. The Morgan fingerprint density at radius 2 is 1.85 bits per heavy atom. The van der Waals surface area contributed by atoms with Crippen molar-refractivity contribution in [2.45, 2.75) is 32.4 Å². The van der Waals surface area contributed by atoms with Gasteiger partial charge in [0.1, 0.15) is 5.75 Å². The van der Waals surface area contributed by atoms with Crippen LogP contribution < -0.4 is 10.1 Å². The summed E-state index contributed by atoms with van der Waals surface area (Å²) in [4.78, 5) is 0. The third-order valence-electron chi connectivity index (χ3n) is 4.06. The van der Waals surface area contributed by atoms with Gasteiger partial charge >= 0.3 is 0 Å². The standard InChI is InChI=1S/C18H21NO/c1-13-7-3-4-8-15(13)14(2)19-17-11-12-20-18-10-6-5-9-16(17)18/h3-10,14,17,19H,11-12H2,1-2H3/t14-,17?/m0/s1. The molecular formula is C18H21NO. The van der Waals surface area contributed by atoms with Crippen LogP contribution >= 0.6 is 0 Å². The molecule has 2 heteroatoms. The first-order valence-electron chi connectivity index (χ1n) is 7.29. The molecule has 20 heavy (non-hydrogen) atoms. The average Bonchev–Trinajstić information content (AvgIpc) is 2.48. The van der Waals surface area contributed by atoms with Gasteiger partial charge in [0.25, 0.3) is 0 Å². The highest BCUT2D eigenvalue weighted by molar-refractivity contribution is 5.38. The molecule has 3 rings (SSSR count). The molecule has 1 aliphatic heterocycles. The maximum Gasteiger partial charge on any atom is 0.124 e. The third kappa shape index (κ3) is 2.56. The lowest BCUT2D eigenvalue weighted by atomic mass is 9.97. The second kappa shape index (κ2) is 5.68. The summed E-state index contributed by atoms with van der Waals surface area (Å²) >= 11 is 0. The number of rotatable bonds is 3. The number of nitrogens with one attached hydrogen (secondary N) is 1. The Kier molecular flexibility index (Phi) is 3.75. The molecule has 2 nitrogen and oxygen atoms in total. The Morgan fingerprint density at radius 1 is 1.10 bits per heavy atom. The Balaban J connectivity index is 1.81. The van der Waals surface area contributed by atoms with Gasteiger partial charge in [0.05, 0.1) is 6.61 Å². The van der Waals surface area contributed by atoms with E-state index < -0.39 is 0 Å². The molecule has 2 aromatic carbocycles. The summed E-state index contributed by atoms with van der Waals surface area (Å²) in [7, 11) is 0. The van der Waals surface area contributed by atoms with Crippen molar-refractivity contribution < 1.29 is 4.74 Å². The van der Waals surface area contributed by atoms with Crippen molar-refractivity contribution in [3.63, 3.8) is 0 Å². The Hall–Kier alpha value is -1.80. The SMILES string of the molecule is Cc1ccccc1[C@H](C)NC1CCOc2ccccc21. The molecule has 0 spiro atoms. The van der Waals surface area contributed by atoms with E-state index in [-0.39, 0.29) is 0 Å². The fourth-order valence-corrected chi connectivity index (χ4v) is 2.98. The summed E-state index contributed by atoms with van der Waals surface area (Å²) in [6.07, 6.45) is 1.02. The fraction of sp³-hybridized carbons (Fsp3) is 0.333. The summed E-state index contributed by atoms with van der Waals surface area (Å²) in [5.74, 6) is 1.02. The van der Waals surface area contributed by atoms with Crippen LogP contribution in [-0.2, 0) is 0 Å². The number of hydrogen-bond acceptors (Lipinski definition) is 2. The van der Waals surface area contributed by atoms with Gasteiger partial charge < -0.3 is 10.1 Å². The molecule has 1 aliphatic rings. The first-order chi connectivity index (χ1) is 9.75. The Labute approximate surface area is 120 Å². The van der Waals surface area contributed by atoms with E-state index in [1.54, 1.807) is 0 Å². The molecule has 1 heterocycles. The van der Waals surface area contributed by atoms with Crippen LogP contribution in [0.15, 0.2) is 48.5 Å². The lowest BCUT2D eigenvalue weighted by molar-refractivity contribution is 0.246. The summed E-state index contributed by atoms with van der Waals surface area (Å²) in [5.41, 5.74) is 3.99. The van der Waals surface area contributed by atoms with E-state index in [9.17, 15) is 0 Å². The lowest BCUT2D eigenvalue weighted by Crippen LogP contribution is -2.29. The number of fused-ring (bicyclic) bond motifs is 1. The quantitative estimate of drug-likeness (QED) is 0.901. The molecule has 2 aromatic rings. The maximum absolute atomic E-state index is 5.72. The molecule has 0 radical (unpaired) electrons. The molecule has 2 atom stereocenters. The van der Waals surface area contributed by atoms with Crippen molar-refractivity contribution in [2.75, 3.05) is 6.61 Å². The zero-order valence-corrected chi connectivity index (χ0v) is 12.1. The zero-order valence-electron chi connectivity index (χ0n) is 12.1. The van der Waals surface area contributed by atoms with Crippen molar-refractivity contribution in [3.8, 4) is 5.75 Å². The van der Waals surface area contributed by atoms with Gasteiger partial charge in [-0.3, -0.25) is 0 Å². The number of ether oxygens (including phenoxy) is 1. The van der Waals surface area contributed by atoms with Crippen LogP contribution in [0.2, 0.25) is 0 Å². The van der Waals surface area contributed by atoms with E-state index in [0.717, 1.165) is 18.8 Å². The van der Waals surface area contributed by atoms with Gasteiger partial charge in [-0.15, -0.1) is 0 Å². The van der Waals surface area contributed by atoms with Crippen molar-refractivity contribution in [1.82, 2.24) is 5.32 Å². The molecule has 0 bridgehead atoms. The zero-order chi connectivity index (χ0) is 13.9. The topological polar surface area (TPSA) is 21.3 Å². The second-order valence-corrected chi connectivity index (χ2v) is 5.47. The van der Waals surface area contributed by atoms with Crippen LogP contribution in [0.1, 0.15) is 42.1 Å². The van der Waals surface area contributed by atoms with Gasteiger partial charge in [0.2, 0.25) is 0 Å². The van der Waals surface area contributed by atoms with Crippen molar-refractivity contribution in [2.24, 2.45) is 0 Å². The molecule has 0 amide bonds. The highest BCUT2D eigenvalue weighted by Crippen LogP contribution is 2.33. The van der Waals surface area contributed by atoms with E-state index in [4.69, 9.17) is 4.74 Å². The number of hydrogen-bond donors (Lipinski definition) is 1. The van der Waals surface area contributed by atoms with Crippen molar-refractivity contribution >= 4 is 0 Å². The number of aryl methyl sites for hydroxylation is 1. The Morgan fingerprint density at radius 3 is 2.70 bits per heavy atom. The van der Waals surface area contributed by atoms with Gasteiger partial charge in [-0.05, 0) is 31.0 Å². The van der Waals surface area contributed by atoms with Crippen LogP contribution in [0.3, 0.4) is 0 Å². The molecule has 0 aromatic heterocycles. The molecule has 104 valence electrons. The highest BCUT2D eigenvalue weighted by Gasteiger charge is 2.22. The molecule has 0 fully saturated rings. The summed E-state index contributed by atoms with van der Waals surface area (Å²) in [6.45, 7) is 5.20. The largest absolute Gasteiger partial charge is 0.493 e. The first-order valence-corrected chi connectivity index (χ1v) is 7.29. The normalized spacial score (nSPS) is 19.0.